The highest BCUT2D eigenvalue weighted by Crippen LogP contribution is 2.36. The van der Waals surface area contributed by atoms with Crippen LogP contribution >= 0.6 is 11.5 Å². The Balaban J connectivity index is 1.68. The summed E-state index contributed by atoms with van der Waals surface area (Å²) in [7, 11) is -4.64. The molecule has 0 aliphatic carbocycles. The van der Waals surface area contributed by atoms with Gasteiger partial charge in [0.05, 0.1) is 5.56 Å². The van der Waals surface area contributed by atoms with Gasteiger partial charge in [-0.1, -0.05) is 30.3 Å². The Bertz CT molecular complexity index is 1580. The van der Waals surface area contributed by atoms with Crippen molar-refractivity contribution in [2.24, 2.45) is 0 Å². The van der Waals surface area contributed by atoms with Crippen LogP contribution in [0.15, 0.2) is 71.9 Å². The van der Waals surface area contributed by atoms with Crippen molar-refractivity contribution in [2.45, 2.75) is 17.2 Å². The third-order valence-electron chi connectivity index (χ3n) is 4.97. The Morgan fingerprint density at radius 2 is 1.74 bits per heavy atom. The molecule has 4 aromatic rings. The quantitative estimate of drug-likeness (QED) is 0.216. The van der Waals surface area contributed by atoms with Crippen LogP contribution in [0.5, 0.6) is 11.5 Å². The second kappa shape index (κ2) is 10.4. The number of nitrogens with one attached hydrogen (secondary N) is 1. The molecule has 1 aromatic heterocycles. The molecule has 8 nitrogen and oxygen atoms in total. The number of aliphatic hydroxyl groups is 1. The molecule has 1 heterocycles. The van der Waals surface area contributed by atoms with Crippen LogP contribution < -0.4 is 9.46 Å². The van der Waals surface area contributed by atoms with Gasteiger partial charge >= 0.3 is 6.18 Å². The summed E-state index contributed by atoms with van der Waals surface area (Å²) >= 11 is 0.637. The molecule has 0 saturated heterocycles. The van der Waals surface area contributed by atoms with Gasteiger partial charge in [-0.15, -0.1) is 0 Å². The van der Waals surface area contributed by atoms with Gasteiger partial charge in [-0.2, -0.15) is 17.5 Å². The predicted octanol–water partition coefficient (Wildman–Crippen LogP) is 5.34. The van der Waals surface area contributed by atoms with Gasteiger partial charge < -0.3 is 9.84 Å². The predicted molar refractivity (Wildman–Crippen MR) is 124 cm³/mol. The van der Waals surface area contributed by atoms with E-state index in [1.54, 1.807) is 6.07 Å². The minimum Gasteiger partial charge on any atom is -0.454 e. The Hall–Kier alpha value is -3.95. The Kier molecular flexibility index (Phi) is 7.44. The number of ether oxygens (including phenoxy) is 1. The van der Waals surface area contributed by atoms with E-state index in [0.29, 0.717) is 29.7 Å². The van der Waals surface area contributed by atoms with Gasteiger partial charge in [0.15, 0.2) is 17.3 Å². The third kappa shape index (κ3) is 5.95. The van der Waals surface area contributed by atoms with Crippen molar-refractivity contribution in [1.29, 1.82) is 0 Å². The molecule has 3 aromatic carbocycles. The lowest BCUT2D eigenvalue weighted by molar-refractivity contribution is -0.137. The molecular formula is C23H14F5N3O5S2. The van der Waals surface area contributed by atoms with E-state index in [9.17, 15) is 40.3 Å². The van der Waals surface area contributed by atoms with Crippen LogP contribution in [0.25, 0.3) is 0 Å². The molecule has 0 aliphatic rings. The largest absolute Gasteiger partial charge is 0.454 e. The zero-order valence-electron chi connectivity index (χ0n) is 18.6. The summed E-state index contributed by atoms with van der Waals surface area (Å²) in [4.78, 5) is 15.2. The van der Waals surface area contributed by atoms with Gasteiger partial charge in [0.25, 0.3) is 10.0 Å². The summed E-state index contributed by atoms with van der Waals surface area (Å²) in [6.07, 6.45) is -5.75. The molecule has 0 spiro atoms. The monoisotopic (exact) mass is 571 g/mol. The number of hydrogen-bond donors (Lipinski definition) is 2. The summed E-state index contributed by atoms with van der Waals surface area (Å²) in [5.74, 6) is -5.70. The average Bonchev–Trinajstić information content (AvgIpc) is 3.37. The van der Waals surface area contributed by atoms with Crippen LogP contribution in [0.1, 0.15) is 27.6 Å². The van der Waals surface area contributed by atoms with E-state index in [2.05, 4.69) is 9.36 Å². The number of sulfonamides is 1. The lowest BCUT2D eigenvalue weighted by Crippen LogP contribution is -2.15. The minimum atomic E-state index is -4.97. The van der Waals surface area contributed by atoms with Gasteiger partial charge in [-0.05, 0) is 23.8 Å². The number of aliphatic hydroxyl groups excluding tert-OH is 1. The summed E-state index contributed by atoms with van der Waals surface area (Å²) in [6.45, 7) is 0. The Labute approximate surface area is 215 Å². The van der Waals surface area contributed by atoms with E-state index < -0.39 is 67.2 Å². The van der Waals surface area contributed by atoms with Crippen LogP contribution in [-0.4, -0.2) is 28.7 Å². The summed E-state index contributed by atoms with van der Waals surface area (Å²) in [5, 5.41) is 10.1. The highest BCUT2D eigenvalue weighted by molar-refractivity contribution is 7.93. The summed E-state index contributed by atoms with van der Waals surface area (Å²) in [5.41, 5.74) is -1.86. The fourth-order valence-corrected chi connectivity index (χ4v) is 4.95. The fraction of sp³-hybridized carbons (Fsp3) is 0.0870. The number of anilines is 1. The first kappa shape index (κ1) is 27.1. The first-order chi connectivity index (χ1) is 17.8. The molecule has 0 saturated carbocycles. The topological polar surface area (TPSA) is 118 Å². The van der Waals surface area contributed by atoms with Gasteiger partial charge in [-0.3, -0.25) is 9.52 Å². The van der Waals surface area contributed by atoms with Gasteiger partial charge in [0, 0.05) is 29.2 Å². The number of halogens is 5. The van der Waals surface area contributed by atoms with Crippen molar-refractivity contribution < 1.29 is 45.0 Å². The van der Waals surface area contributed by atoms with Crippen molar-refractivity contribution in [3.8, 4) is 11.5 Å². The van der Waals surface area contributed by atoms with Crippen molar-refractivity contribution >= 4 is 32.5 Å². The number of Topliss-reactive ketones (excluding diaryl/α,β-unsaturated/α-hetero) is 1. The molecule has 1 atom stereocenters. The molecule has 0 fully saturated rings. The number of alkyl halides is 3. The first-order valence-corrected chi connectivity index (χ1v) is 12.6. The molecule has 4 rings (SSSR count). The Morgan fingerprint density at radius 3 is 2.37 bits per heavy atom. The number of aromatic nitrogens is 2. The molecular weight excluding hydrogens is 557 g/mol. The molecule has 0 bridgehead atoms. The molecule has 0 radical (unpaired) electrons. The van der Waals surface area contributed by atoms with Crippen LogP contribution in [0.3, 0.4) is 0 Å². The van der Waals surface area contributed by atoms with Crippen molar-refractivity contribution in [1.82, 2.24) is 9.36 Å². The van der Waals surface area contributed by atoms with E-state index in [0.717, 1.165) is 12.4 Å². The van der Waals surface area contributed by atoms with Crippen molar-refractivity contribution in [2.75, 3.05) is 4.72 Å². The van der Waals surface area contributed by atoms with Gasteiger partial charge in [0.2, 0.25) is 5.13 Å². The molecule has 198 valence electrons. The van der Waals surface area contributed by atoms with Gasteiger partial charge in [0.1, 0.15) is 28.9 Å². The Morgan fingerprint density at radius 1 is 1.03 bits per heavy atom. The number of carbonyl (C=O) groups is 1. The second-order valence-electron chi connectivity index (χ2n) is 7.59. The maximum Gasteiger partial charge on any atom is 0.416 e. The highest BCUT2D eigenvalue weighted by Gasteiger charge is 2.33. The van der Waals surface area contributed by atoms with Crippen molar-refractivity contribution in [3.05, 3.63) is 95.3 Å². The van der Waals surface area contributed by atoms with E-state index in [4.69, 9.17) is 4.74 Å². The molecule has 2 N–H and O–H groups in total. The number of nitrogens with zero attached hydrogens (tertiary/aromatic N) is 2. The maximum absolute atomic E-state index is 14.7. The van der Waals surface area contributed by atoms with E-state index >= 15 is 0 Å². The van der Waals surface area contributed by atoms with Crippen molar-refractivity contribution in [3.63, 3.8) is 0 Å². The molecule has 15 heteroatoms. The smallest absolute Gasteiger partial charge is 0.416 e. The molecule has 1 unspecified atom stereocenters. The lowest BCUT2D eigenvalue weighted by Gasteiger charge is -2.15. The molecule has 38 heavy (non-hydrogen) atoms. The number of ketones is 1. The SMILES string of the molecule is O=C(c1cc(Oc2cc(F)c(S(=O)(=O)Nc3ncns3)cc2F)cc(C(F)(F)F)c1)C(O)c1ccccc1. The average molecular weight is 572 g/mol. The zero-order valence-corrected chi connectivity index (χ0v) is 20.2. The van der Waals surface area contributed by atoms with Crippen LogP contribution in [0.4, 0.5) is 27.1 Å². The molecule has 0 aliphatic heterocycles. The van der Waals surface area contributed by atoms with Gasteiger partial charge in [-0.25, -0.2) is 22.2 Å². The summed E-state index contributed by atoms with van der Waals surface area (Å²) < 4.78 is 105. The number of rotatable bonds is 8. The second-order valence-corrected chi connectivity index (χ2v) is 10.0. The van der Waals surface area contributed by atoms with Crippen LogP contribution in [0.2, 0.25) is 0 Å². The third-order valence-corrected chi connectivity index (χ3v) is 7.03. The zero-order chi connectivity index (χ0) is 27.7. The normalized spacial score (nSPS) is 12.7. The fourth-order valence-electron chi connectivity index (χ4n) is 3.22. The first-order valence-electron chi connectivity index (χ1n) is 10.3. The molecule has 0 amide bonds. The van der Waals surface area contributed by atoms with E-state index in [-0.39, 0.29) is 16.8 Å². The van der Waals surface area contributed by atoms with E-state index in [1.165, 1.54) is 24.3 Å². The van der Waals surface area contributed by atoms with E-state index in [1.807, 2.05) is 4.72 Å². The number of benzene rings is 3. The lowest BCUT2D eigenvalue weighted by atomic mass is 9.98. The standard InChI is InChI=1S/C23H14F5N3O5S2/c24-16-10-19(38(34,35)31-22-29-11-30-37-22)17(25)9-18(16)36-15-7-13(6-14(8-15)23(26,27)28)21(33)20(32)12-4-2-1-3-5-12/h1-11,20,32H,(H,29,30,31). The summed E-state index contributed by atoms with van der Waals surface area (Å²) in [6, 6.07) is 9.72. The number of carbonyl (C=O) groups excluding carboxylic acids is 1. The van der Waals surface area contributed by atoms with Crippen LogP contribution in [-0.2, 0) is 16.2 Å². The highest BCUT2D eigenvalue weighted by atomic mass is 32.2. The minimum absolute atomic E-state index is 0.115. The maximum atomic E-state index is 14.7. The van der Waals surface area contributed by atoms with Crippen LogP contribution in [0, 0.1) is 11.6 Å². The number of hydrogen-bond acceptors (Lipinski definition) is 8.